The highest BCUT2D eigenvalue weighted by molar-refractivity contribution is 9.12. The molecule has 146 valence electrons. The van der Waals surface area contributed by atoms with Crippen LogP contribution in [0.4, 0.5) is 18.9 Å². The minimum absolute atomic E-state index is 0.0487. The van der Waals surface area contributed by atoms with Gasteiger partial charge in [-0.05, 0) is 31.0 Å². The molecule has 1 aliphatic heterocycles. The number of nitrogens with one attached hydrogen (secondary N) is 1. The largest absolute Gasteiger partial charge is 0.416 e. The molecule has 1 aliphatic carbocycles. The fourth-order valence-electron chi connectivity index (χ4n) is 3.44. The van der Waals surface area contributed by atoms with Crippen LogP contribution in [-0.2, 0) is 20.6 Å². The summed E-state index contributed by atoms with van der Waals surface area (Å²) in [5.41, 5.74) is -0.946. The number of fused-ring (bicyclic) bond motifs is 1. The zero-order chi connectivity index (χ0) is 19.9. The third kappa shape index (κ3) is 4.21. The standard InChI is InChI=1S/C17H15Br2F3N2O3/c18-12-5-10-11(6-13(12)19)16(27)24(15(10)26)7-14(25)23-9-3-1-2-8(4-9)17(20,21)22/h1-4,10-13H,5-7H2,(H,23,25)/t10-,11+,12-,13-/m0/s1. The maximum atomic E-state index is 12.8. The number of rotatable bonds is 3. The molecule has 1 saturated heterocycles. The van der Waals surface area contributed by atoms with E-state index >= 15 is 0 Å². The molecule has 3 amide bonds. The van der Waals surface area contributed by atoms with Crippen LogP contribution in [0.3, 0.4) is 0 Å². The number of carbonyl (C=O) groups excluding carboxylic acids is 3. The number of carbonyl (C=O) groups is 3. The number of likely N-dealkylation sites (tertiary alicyclic amines) is 1. The van der Waals surface area contributed by atoms with Crippen LogP contribution in [0, 0.1) is 11.8 Å². The van der Waals surface area contributed by atoms with Gasteiger partial charge < -0.3 is 5.32 Å². The lowest BCUT2D eigenvalue weighted by molar-refractivity contribution is -0.142. The van der Waals surface area contributed by atoms with Gasteiger partial charge >= 0.3 is 6.18 Å². The maximum Gasteiger partial charge on any atom is 0.416 e. The van der Waals surface area contributed by atoms with Crippen LogP contribution in [0.15, 0.2) is 24.3 Å². The fraction of sp³-hybridized carbons (Fsp3) is 0.471. The number of hydrogen-bond acceptors (Lipinski definition) is 3. The first-order valence-corrected chi connectivity index (χ1v) is 10.0. The Balaban J connectivity index is 1.68. The maximum absolute atomic E-state index is 12.8. The SMILES string of the molecule is O=C(CN1C(=O)[C@H]2C[C@H](Br)[C@@H](Br)C[C@H]2C1=O)Nc1cccc(C(F)(F)F)c1. The summed E-state index contributed by atoms with van der Waals surface area (Å²) in [5.74, 6) is -2.49. The fourth-order valence-corrected chi connectivity index (χ4v) is 4.67. The summed E-state index contributed by atoms with van der Waals surface area (Å²) >= 11 is 6.95. The molecule has 1 saturated carbocycles. The van der Waals surface area contributed by atoms with Gasteiger partial charge in [-0.3, -0.25) is 19.3 Å². The van der Waals surface area contributed by atoms with E-state index in [1.54, 1.807) is 0 Å². The van der Waals surface area contributed by atoms with Crippen LogP contribution in [0.5, 0.6) is 0 Å². The van der Waals surface area contributed by atoms with Crippen molar-refractivity contribution in [3.63, 3.8) is 0 Å². The number of benzene rings is 1. The smallest absolute Gasteiger partial charge is 0.325 e. The van der Waals surface area contributed by atoms with Gasteiger partial charge in [0, 0.05) is 15.3 Å². The van der Waals surface area contributed by atoms with E-state index in [1.165, 1.54) is 12.1 Å². The van der Waals surface area contributed by atoms with Gasteiger partial charge in [0.1, 0.15) is 6.54 Å². The molecule has 2 fully saturated rings. The summed E-state index contributed by atoms with van der Waals surface area (Å²) < 4.78 is 38.3. The number of imide groups is 1. The van der Waals surface area contributed by atoms with Crippen LogP contribution < -0.4 is 5.32 Å². The van der Waals surface area contributed by atoms with Crippen LogP contribution in [0.25, 0.3) is 0 Å². The van der Waals surface area contributed by atoms with Crippen LogP contribution in [-0.4, -0.2) is 38.8 Å². The van der Waals surface area contributed by atoms with Gasteiger partial charge in [-0.1, -0.05) is 37.9 Å². The average Bonchev–Trinajstić information content (AvgIpc) is 2.80. The first-order valence-electron chi connectivity index (χ1n) is 8.18. The summed E-state index contributed by atoms with van der Waals surface area (Å²) in [5, 5.41) is 2.32. The van der Waals surface area contributed by atoms with Gasteiger partial charge in [0.25, 0.3) is 0 Å². The Morgan fingerprint density at radius 2 is 1.67 bits per heavy atom. The molecule has 1 aromatic carbocycles. The topological polar surface area (TPSA) is 66.5 Å². The second-order valence-electron chi connectivity index (χ2n) is 6.61. The van der Waals surface area contributed by atoms with Crippen molar-refractivity contribution in [3.05, 3.63) is 29.8 Å². The first kappa shape index (κ1) is 20.3. The minimum Gasteiger partial charge on any atom is -0.325 e. The zero-order valence-electron chi connectivity index (χ0n) is 13.8. The highest BCUT2D eigenvalue weighted by Gasteiger charge is 2.52. The summed E-state index contributed by atoms with van der Waals surface area (Å²) in [7, 11) is 0. The minimum atomic E-state index is -4.53. The number of alkyl halides is 5. The van der Waals surface area contributed by atoms with E-state index in [0.717, 1.165) is 17.0 Å². The summed E-state index contributed by atoms with van der Waals surface area (Å²) in [6.45, 7) is -0.513. The van der Waals surface area contributed by atoms with Crippen LogP contribution in [0.1, 0.15) is 18.4 Å². The van der Waals surface area contributed by atoms with Gasteiger partial charge in [-0.2, -0.15) is 13.2 Å². The van der Waals surface area contributed by atoms with Gasteiger partial charge in [0.15, 0.2) is 0 Å². The van der Waals surface area contributed by atoms with Crippen molar-refractivity contribution in [2.45, 2.75) is 28.7 Å². The number of amides is 3. The predicted octanol–water partition coefficient (Wildman–Crippen LogP) is 3.57. The number of halogens is 5. The predicted molar refractivity (Wildman–Crippen MR) is 98.4 cm³/mol. The molecule has 0 radical (unpaired) electrons. The summed E-state index contributed by atoms with van der Waals surface area (Å²) in [6.07, 6.45) is -3.57. The van der Waals surface area contributed by atoms with Gasteiger partial charge in [-0.15, -0.1) is 0 Å². The number of nitrogens with zero attached hydrogens (tertiary/aromatic N) is 1. The molecule has 10 heteroatoms. The third-order valence-electron chi connectivity index (χ3n) is 4.78. The highest BCUT2D eigenvalue weighted by Crippen LogP contribution is 2.43. The van der Waals surface area contributed by atoms with E-state index in [1.807, 2.05) is 0 Å². The lowest BCUT2D eigenvalue weighted by atomic mass is 9.81. The van der Waals surface area contributed by atoms with Crippen molar-refractivity contribution in [2.24, 2.45) is 11.8 Å². The number of anilines is 1. The lowest BCUT2D eigenvalue weighted by Gasteiger charge is -2.29. The van der Waals surface area contributed by atoms with Crippen molar-refractivity contribution >= 4 is 55.3 Å². The third-order valence-corrected chi connectivity index (χ3v) is 7.51. The molecule has 1 aromatic rings. The van der Waals surface area contributed by atoms with Gasteiger partial charge in [0.05, 0.1) is 17.4 Å². The molecule has 1 N–H and O–H groups in total. The quantitative estimate of drug-likeness (QED) is 0.498. The van der Waals surface area contributed by atoms with Crippen molar-refractivity contribution in [3.8, 4) is 0 Å². The molecule has 27 heavy (non-hydrogen) atoms. The van der Waals surface area contributed by atoms with E-state index in [9.17, 15) is 27.6 Å². The highest BCUT2D eigenvalue weighted by atomic mass is 79.9. The van der Waals surface area contributed by atoms with E-state index in [4.69, 9.17) is 0 Å². The van der Waals surface area contributed by atoms with Crippen molar-refractivity contribution in [1.29, 1.82) is 0 Å². The Morgan fingerprint density at radius 3 is 2.19 bits per heavy atom. The van der Waals surface area contributed by atoms with Gasteiger partial charge in [0.2, 0.25) is 17.7 Å². The van der Waals surface area contributed by atoms with E-state index in [-0.39, 0.29) is 15.3 Å². The van der Waals surface area contributed by atoms with Crippen LogP contribution >= 0.6 is 31.9 Å². The normalized spacial score (nSPS) is 28.3. The van der Waals surface area contributed by atoms with E-state index in [0.29, 0.717) is 12.8 Å². The van der Waals surface area contributed by atoms with Crippen molar-refractivity contribution < 1.29 is 27.6 Å². The van der Waals surface area contributed by atoms with E-state index in [2.05, 4.69) is 37.2 Å². The Kier molecular flexibility index (Phi) is 5.67. The molecular formula is C17H15Br2F3N2O3. The first-order chi connectivity index (χ1) is 12.6. The van der Waals surface area contributed by atoms with Crippen LogP contribution in [0.2, 0.25) is 0 Å². The second-order valence-corrected chi connectivity index (χ2v) is 8.96. The molecule has 2 aliphatic rings. The molecular weight excluding hydrogens is 497 g/mol. The molecule has 4 atom stereocenters. The Hall–Kier alpha value is -1.42. The summed E-state index contributed by atoms with van der Waals surface area (Å²) in [6, 6.07) is 4.17. The van der Waals surface area contributed by atoms with Crippen molar-refractivity contribution in [2.75, 3.05) is 11.9 Å². The number of hydrogen-bond donors (Lipinski definition) is 1. The van der Waals surface area contributed by atoms with Gasteiger partial charge in [-0.25, -0.2) is 0 Å². The lowest BCUT2D eigenvalue weighted by Crippen LogP contribution is -2.38. The molecule has 5 nitrogen and oxygen atoms in total. The summed E-state index contributed by atoms with van der Waals surface area (Å²) in [4.78, 5) is 38.2. The Morgan fingerprint density at radius 1 is 1.11 bits per heavy atom. The molecule has 0 unspecified atom stereocenters. The Labute approximate surface area is 169 Å². The van der Waals surface area contributed by atoms with Crippen molar-refractivity contribution in [1.82, 2.24) is 4.90 Å². The molecule has 3 rings (SSSR count). The molecule has 1 heterocycles. The zero-order valence-corrected chi connectivity index (χ0v) is 17.0. The Bertz CT molecular complexity index is 759. The second kappa shape index (κ2) is 7.54. The van der Waals surface area contributed by atoms with E-state index < -0.39 is 47.8 Å². The molecule has 0 spiro atoms. The monoisotopic (exact) mass is 510 g/mol. The molecule has 0 aromatic heterocycles. The average molecular weight is 512 g/mol. The molecule has 0 bridgehead atoms.